The lowest BCUT2D eigenvalue weighted by atomic mass is 9.96. The molecule has 0 spiro atoms. The maximum absolute atomic E-state index is 12.8. The molecule has 0 aromatic heterocycles. The third-order valence-corrected chi connectivity index (χ3v) is 5.57. The second kappa shape index (κ2) is 8.24. The first-order chi connectivity index (χ1) is 10.8. The van der Waals surface area contributed by atoms with Crippen LogP contribution >= 0.6 is 12.4 Å². The molecule has 1 amide bonds. The van der Waals surface area contributed by atoms with Crippen LogP contribution in [0.25, 0.3) is 0 Å². The van der Waals surface area contributed by atoms with E-state index in [9.17, 15) is 17.6 Å². The van der Waals surface area contributed by atoms with Gasteiger partial charge in [-0.3, -0.25) is 4.79 Å². The summed E-state index contributed by atoms with van der Waals surface area (Å²) in [4.78, 5) is 11.9. The molecule has 0 heterocycles. The highest BCUT2D eigenvalue weighted by molar-refractivity contribution is 7.89. The summed E-state index contributed by atoms with van der Waals surface area (Å²) >= 11 is 0. The lowest BCUT2D eigenvalue weighted by Gasteiger charge is -2.29. The van der Waals surface area contributed by atoms with Crippen LogP contribution in [0.15, 0.2) is 29.2 Å². The van der Waals surface area contributed by atoms with Crippen LogP contribution < -0.4 is 15.8 Å². The van der Waals surface area contributed by atoms with Gasteiger partial charge in [-0.15, -0.1) is 12.4 Å². The molecule has 1 aliphatic carbocycles. The number of hydrogen-bond donors (Lipinski definition) is 3. The van der Waals surface area contributed by atoms with Gasteiger partial charge in [0, 0.05) is 19.5 Å². The Morgan fingerprint density at radius 1 is 1.33 bits per heavy atom. The number of hydrogen-bond acceptors (Lipinski definition) is 4. The molecular formula is C15H23ClFN3O3S. The first-order valence-electron chi connectivity index (χ1n) is 7.53. The highest BCUT2D eigenvalue weighted by Crippen LogP contribution is 2.38. The summed E-state index contributed by atoms with van der Waals surface area (Å²) in [5, 5.41) is 2.89. The van der Waals surface area contributed by atoms with Crippen molar-refractivity contribution in [2.24, 2.45) is 11.7 Å². The lowest BCUT2D eigenvalue weighted by Crippen LogP contribution is -2.53. The van der Waals surface area contributed by atoms with Crippen molar-refractivity contribution in [3.63, 3.8) is 0 Å². The van der Waals surface area contributed by atoms with E-state index < -0.39 is 21.4 Å². The number of nitrogens with two attached hydrogens (primary N) is 1. The van der Waals surface area contributed by atoms with Gasteiger partial charge < -0.3 is 11.1 Å². The van der Waals surface area contributed by atoms with Gasteiger partial charge >= 0.3 is 0 Å². The molecule has 1 aromatic rings. The van der Waals surface area contributed by atoms with E-state index in [-0.39, 0.29) is 36.2 Å². The zero-order chi connectivity index (χ0) is 17.1. The summed E-state index contributed by atoms with van der Waals surface area (Å²) in [5.41, 5.74) is 5.30. The van der Waals surface area contributed by atoms with E-state index in [0.717, 1.165) is 25.0 Å². The van der Waals surface area contributed by atoms with Crippen LogP contribution in [0.5, 0.6) is 0 Å². The molecule has 2 rings (SSSR count). The van der Waals surface area contributed by atoms with Crippen LogP contribution in [0.3, 0.4) is 0 Å². The largest absolute Gasteiger partial charge is 0.349 e. The van der Waals surface area contributed by atoms with E-state index in [1.54, 1.807) is 0 Å². The fourth-order valence-corrected chi connectivity index (χ4v) is 3.45. The van der Waals surface area contributed by atoms with E-state index in [4.69, 9.17) is 5.73 Å². The average molecular weight is 380 g/mol. The van der Waals surface area contributed by atoms with Crippen molar-refractivity contribution < 1.29 is 17.6 Å². The first-order valence-corrected chi connectivity index (χ1v) is 9.01. The molecule has 0 bridgehead atoms. The van der Waals surface area contributed by atoms with Gasteiger partial charge in [0.15, 0.2) is 0 Å². The molecule has 6 nitrogen and oxygen atoms in total. The van der Waals surface area contributed by atoms with Crippen molar-refractivity contribution >= 4 is 28.3 Å². The summed E-state index contributed by atoms with van der Waals surface area (Å²) < 4.78 is 39.1. The van der Waals surface area contributed by atoms with Gasteiger partial charge in [-0.05, 0) is 49.9 Å². The topological polar surface area (TPSA) is 101 Å². The van der Waals surface area contributed by atoms with Crippen LogP contribution in [0.2, 0.25) is 0 Å². The number of nitrogens with one attached hydrogen (secondary N) is 2. The highest BCUT2D eigenvalue weighted by atomic mass is 35.5. The Kier molecular flexibility index (Phi) is 7.15. The van der Waals surface area contributed by atoms with Gasteiger partial charge in [-0.2, -0.15) is 0 Å². The van der Waals surface area contributed by atoms with Crippen molar-refractivity contribution in [3.05, 3.63) is 30.1 Å². The zero-order valence-electron chi connectivity index (χ0n) is 13.4. The Hall–Kier alpha value is -1.22. The summed E-state index contributed by atoms with van der Waals surface area (Å²) in [6, 6.07) is 4.50. The van der Waals surface area contributed by atoms with E-state index in [1.807, 2.05) is 6.92 Å². The summed E-state index contributed by atoms with van der Waals surface area (Å²) in [7, 11) is -3.75. The van der Waals surface area contributed by atoms with Crippen molar-refractivity contribution in [1.29, 1.82) is 0 Å². The fourth-order valence-electron chi connectivity index (χ4n) is 2.42. The number of carbonyl (C=O) groups excluding carboxylic acids is 1. The van der Waals surface area contributed by atoms with Crippen LogP contribution in [-0.2, 0) is 14.8 Å². The smallest absolute Gasteiger partial charge is 0.240 e. The maximum atomic E-state index is 12.8. The number of sulfonamides is 1. The minimum atomic E-state index is -3.75. The SMILES string of the molecule is CC(CN)(NC(=O)CCNS(=O)(=O)c1ccc(F)cc1)C1CC1.Cl. The number of carbonyl (C=O) groups is 1. The molecule has 4 N–H and O–H groups in total. The van der Waals surface area contributed by atoms with Crippen molar-refractivity contribution in [3.8, 4) is 0 Å². The normalized spacial score (nSPS) is 16.8. The Morgan fingerprint density at radius 2 is 1.92 bits per heavy atom. The molecule has 0 radical (unpaired) electrons. The first kappa shape index (κ1) is 20.8. The quantitative estimate of drug-likeness (QED) is 0.630. The fraction of sp³-hybridized carbons (Fsp3) is 0.533. The minimum Gasteiger partial charge on any atom is -0.349 e. The van der Waals surface area contributed by atoms with Gasteiger partial charge in [0.1, 0.15) is 5.82 Å². The molecule has 24 heavy (non-hydrogen) atoms. The van der Waals surface area contributed by atoms with E-state index in [2.05, 4.69) is 10.0 Å². The zero-order valence-corrected chi connectivity index (χ0v) is 15.1. The molecule has 136 valence electrons. The van der Waals surface area contributed by atoms with Gasteiger partial charge in [0.25, 0.3) is 0 Å². The van der Waals surface area contributed by atoms with Crippen LogP contribution in [0.4, 0.5) is 4.39 Å². The Balaban J connectivity index is 0.00000288. The molecule has 0 saturated heterocycles. The number of benzene rings is 1. The monoisotopic (exact) mass is 379 g/mol. The average Bonchev–Trinajstić information content (AvgIpc) is 3.32. The molecule has 1 fully saturated rings. The van der Waals surface area contributed by atoms with Crippen LogP contribution in [0.1, 0.15) is 26.2 Å². The molecule has 1 saturated carbocycles. The predicted octanol–water partition coefficient (Wildman–Crippen LogP) is 1.16. The second-order valence-electron chi connectivity index (χ2n) is 6.05. The minimum absolute atomic E-state index is 0. The number of rotatable bonds is 8. The Bertz CT molecular complexity index is 665. The second-order valence-corrected chi connectivity index (χ2v) is 7.81. The molecule has 9 heteroatoms. The number of amides is 1. The predicted molar refractivity (Wildman–Crippen MR) is 91.8 cm³/mol. The van der Waals surface area contributed by atoms with Crippen LogP contribution in [0, 0.1) is 11.7 Å². The molecule has 1 unspecified atom stereocenters. The lowest BCUT2D eigenvalue weighted by molar-refractivity contribution is -0.122. The molecular weight excluding hydrogens is 357 g/mol. The van der Waals surface area contributed by atoms with Crippen molar-refractivity contribution in [2.75, 3.05) is 13.1 Å². The van der Waals surface area contributed by atoms with Gasteiger partial charge in [-0.25, -0.2) is 17.5 Å². The van der Waals surface area contributed by atoms with Crippen molar-refractivity contribution in [1.82, 2.24) is 10.0 Å². The standard InChI is InChI=1S/C15H22FN3O3S.ClH/c1-15(10-17,11-2-3-11)19-14(20)8-9-18-23(21,22)13-6-4-12(16)5-7-13;/h4-7,11,18H,2-3,8-10,17H2,1H3,(H,19,20);1H. The molecule has 1 atom stereocenters. The number of halogens is 2. The van der Waals surface area contributed by atoms with E-state index in [1.165, 1.54) is 12.1 Å². The maximum Gasteiger partial charge on any atom is 0.240 e. The highest BCUT2D eigenvalue weighted by Gasteiger charge is 2.41. The van der Waals surface area contributed by atoms with Gasteiger partial charge in [0.05, 0.1) is 10.4 Å². The summed E-state index contributed by atoms with van der Waals surface area (Å²) in [6.07, 6.45) is 2.11. The van der Waals surface area contributed by atoms with E-state index in [0.29, 0.717) is 12.5 Å². The van der Waals surface area contributed by atoms with Crippen LogP contribution in [-0.4, -0.2) is 33.0 Å². The molecule has 1 aromatic carbocycles. The van der Waals surface area contributed by atoms with Gasteiger partial charge in [-0.1, -0.05) is 0 Å². The Labute approximate surface area is 147 Å². The van der Waals surface area contributed by atoms with E-state index >= 15 is 0 Å². The Morgan fingerprint density at radius 3 is 2.42 bits per heavy atom. The third-order valence-electron chi connectivity index (χ3n) is 4.10. The molecule has 1 aliphatic rings. The van der Waals surface area contributed by atoms with Gasteiger partial charge in [0.2, 0.25) is 15.9 Å². The molecule has 0 aliphatic heterocycles. The van der Waals surface area contributed by atoms with Crippen molar-refractivity contribution in [2.45, 2.75) is 36.6 Å². The summed E-state index contributed by atoms with van der Waals surface area (Å²) in [5.74, 6) is -0.358. The summed E-state index contributed by atoms with van der Waals surface area (Å²) in [6.45, 7) is 2.23. The third kappa shape index (κ3) is 5.41.